The van der Waals surface area contributed by atoms with E-state index in [1.807, 2.05) is 6.07 Å². The molecule has 2 saturated heterocycles. The maximum atomic E-state index is 12.5. The van der Waals surface area contributed by atoms with Crippen LogP contribution in [0, 0.1) is 5.92 Å². The molecule has 2 aliphatic rings. The summed E-state index contributed by atoms with van der Waals surface area (Å²) in [4.78, 5) is 2.80. The van der Waals surface area contributed by atoms with E-state index >= 15 is 0 Å². The van der Waals surface area contributed by atoms with Crippen molar-refractivity contribution in [3.05, 3.63) is 30.3 Å². The number of benzene rings is 1. The second kappa shape index (κ2) is 6.44. The van der Waals surface area contributed by atoms with Crippen LogP contribution < -0.4 is 5.32 Å². The predicted octanol–water partition coefficient (Wildman–Crippen LogP) is 0.602. The van der Waals surface area contributed by atoms with Gasteiger partial charge in [-0.2, -0.15) is 4.31 Å². The second-order valence-electron chi connectivity index (χ2n) is 5.88. The van der Waals surface area contributed by atoms with Crippen molar-refractivity contribution in [3.8, 4) is 0 Å². The number of rotatable bonds is 4. The molecule has 116 valence electrons. The standard InChI is InChI=1S/C15H23N3O2S/c19-21(20,15-4-2-1-3-5-15)18-10-8-17(9-11-18)13-14-6-7-16-12-14/h1-5,14,16H,6-13H2. The van der Waals surface area contributed by atoms with Gasteiger partial charge in [0.15, 0.2) is 0 Å². The molecule has 2 aliphatic heterocycles. The minimum absolute atomic E-state index is 0.401. The third-order valence-corrected chi connectivity index (χ3v) is 6.30. The third-order valence-electron chi connectivity index (χ3n) is 4.39. The number of nitrogens with one attached hydrogen (secondary N) is 1. The maximum absolute atomic E-state index is 12.5. The van der Waals surface area contributed by atoms with Crippen LogP contribution in [0.5, 0.6) is 0 Å². The Morgan fingerprint density at radius 3 is 2.43 bits per heavy atom. The van der Waals surface area contributed by atoms with E-state index in [-0.39, 0.29) is 0 Å². The highest BCUT2D eigenvalue weighted by Gasteiger charge is 2.29. The molecule has 1 unspecified atom stereocenters. The van der Waals surface area contributed by atoms with Crippen molar-refractivity contribution >= 4 is 10.0 Å². The number of piperazine rings is 1. The fourth-order valence-electron chi connectivity index (χ4n) is 3.13. The molecule has 6 heteroatoms. The van der Waals surface area contributed by atoms with Gasteiger partial charge in [0.2, 0.25) is 10.0 Å². The molecule has 1 atom stereocenters. The summed E-state index contributed by atoms with van der Waals surface area (Å²) in [5.74, 6) is 0.724. The molecule has 0 radical (unpaired) electrons. The van der Waals surface area contributed by atoms with E-state index in [4.69, 9.17) is 0 Å². The fourth-order valence-corrected chi connectivity index (χ4v) is 4.57. The molecule has 5 nitrogen and oxygen atoms in total. The van der Waals surface area contributed by atoms with Crippen LogP contribution in [0.2, 0.25) is 0 Å². The molecule has 3 rings (SSSR count). The van der Waals surface area contributed by atoms with Gasteiger partial charge in [-0.25, -0.2) is 8.42 Å². The summed E-state index contributed by atoms with van der Waals surface area (Å²) in [5, 5.41) is 3.38. The van der Waals surface area contributed by atoms with Crippen molar-refractivity contribution in [3.63, 3.8) is 0 Å². The fraction of sp³-hybridized carbons (Fsp3) is 0.600. The van der Waals surface area contributed by atoms with Crippen molar-refractivity contribution in [2.45, 2.75) is 11.3 Å². The number of hydrogen-bond acceptors (Lipinski definition) is 4. The van der Waals surface area contributed by atoms with Crippen LogP contribution in [-0.2, 0) is 10.0 Å². The number of nitrogens with zero attached hydrogens (tertiary/aromatic N) is 2. The van der Waals surface area contributed by atoms with E-state index in [1.54, 1.807) is 28.6 Å². The molecule has 0 amide bonds. The van der Waals surface area contributed by atoms with Crippen molar-refractivity contribution < 1.29 is 8.42 Å². The second-order valence-corrected chi connectivity index (χ2v) is 7.81. The van der Waals surface area contributed by atoms with Crippen molar-refractivity contribution in [2.75, 3.05) is 45.8 Å². The summed E-state index contributed by atoms with van der Waals surface area (Å²) >= 11 is 0. The van der Waals surface area contributed by atoms with Gasteiger partial charge >= 0.3 is 0 Å². The smallest absolute Gasteiger partial charge is 0.243 e. The van der Waals surface area contributed by atoms with Crippen LogP contribution in [0.15, 0.2) is 35.2 Å². The lowest BCUT2D eigenvalue weighted by Crippen LogP contribution is -2.49. The van der Waals surface area contributed by atoms with Crippen LogP contribution >= 0.6 is 0 Å². The Morgan fingerprint density at radius 1 is 1.10 bits per heavy atom. The average molecular weight is 309 g/mol. The minimum Gasteiger partial charge on any atom is -0.316 e. The highest BCUT2D eigenvalue weighted by molar-refractivity contribution is 7.89. The van der Waals surface area contributed by atoms with Gasteiger partial charge in [-0.1, -0.05) is 18.2 Å². The molecule has 2 fully saturated rings. The molecule has 0 saturated carbocycles. The average Bonchev–Trinajstić information content (AvgIpc) is 3.02. The van der Waals surface area contributed by atoms with Gasteiger partial charge in [-0.15, -0.1) is 0 Å². The van der Waals surface area contributed by atoms with Crippen LogP contribution in [-0.4, -0.2) is 63.4 Å². The third kappa shape index (κ3) is 3.45. The Kier molecular flexibility index (Phi) is 4.59. The molecule has 21 heavy (non-hydrogen) atoms. The van der Waals surface area contributed by atoms with E-state index in [9.17, 15) is 8.42 Å². The molecule has 2 heterocycles. The first-order valence-electron chi connectivity index (χ1n) is 7.64. The zero-order chi connectivity index (χ0) is 14.7. The molecule has 1 aromatic rings. The van der Waals surface area contributed by atoms with Gasteiger partial charge in [-0.05, 0) is 37.6 Å². The molecule has 0 aromatic heterocycles. The molecule has 0 aliphatic carbocycles. The Bertz CT molecular complexity index is 548. The summed E-state index contributed by atoms with van der Waals surface area (Å²) in [5.41, 5.74) is 0. The van der Waals surface area contributed by atoms with Gasteiger partial charge < -0.3 is 10.2 Å². The highest BCUT2D eigenvalue weighted by atomic mass is 32.2. The zero-order valence-electron chi connectivity index (χ0n) is 12.2. The van der Waals surface area contributed by atoms with Crippen LogP contribution in [0.3, 0.4) is 0 Å². The van der Waals surface area contributed by atoms with E-state index in [2.05, 4.69) is 10.2 Å². The maximum Gasteiger partial charge on any atom is 0.243 e. The summed E-state index contributed by atoms with van der Waals surface area (Å²) in [6, 6.07) is 8.73. The lowest BCUT2D eigenvalue weighted by Gasteiger charge is -2.35. The zero-order valence-corrected chi connectivity index (χ0v) is 13.1. The lowest BCUT2D eigenvalue weighted by atomic mass is 10.1. The number of sulfonamides is 1. The summed E-state index contributed by atoms with van der Waals surface area (Å²) in [6.07, 6.45) is 1.24. The van der Waals surface area contributed by atoms with Crippen LogP contribution in [0.25, 0.3) is 0 Å². The van der Waals surface area contributed by atoms with Crippen molar-refractivity contribution in [1.82, 2.24) is 14.5 Å². The number of hydrogen-bond donors (Lipinski definition) is 1. The Balaban J connectivity index is 1.58. The molecule has 0 spiro atoms. The summed E-state index contributed by atoms with van der Waals surface area (Å²) in [6.45, 7) is 6.17. The van der Waals surface area contributed by atoms with E-state index in [0.29, 0.717) is 18.0 Å². The SMILES string of the molecule is O=S(=O)(c1ccccc1)N1CCN(CC2CCNC2)CC1. The largest absolute Gasteiger partial charge is 0.316 e. The first-order chi connectivity index (χ1) is 10.2. The van der Waals surface area contributed by atoms with Gasteiger partial charge in [0.25, 0.3) is 0 Å². The van der Waals surface area contributed by atoms with Crippen LogP contribution in [0.4, 0.5) is 0 Å². The first kappa shape index (κ1) is 15.0. The van der Waals surface area contributed by atoms with E-state index < -0.39 is 10.0 Å². The lowest BCUT2D eigenvalue weighted by molar-refractivity contribution is 0.168. The first-order valence-corrected chi connectivity index (χ1v) is 9.08. The Hall–Kier alpha value is -0.950. The molecule has 1 aromatic carbocycles. The van der Waals surface area contributed by atoms with E-state index in [0.717, 1.165) is 38.6 Å². The minimum atomic E-state index is -3.32. The topological polar surface area (TPSA) is 52.7 Å². The quantitative estimate of drug-likeness (QED) is 0.885. The Morgan fingerprint density at radius 2 is 1.81 bits per heavy atom. The Labute approximate surface area is 127 Å². The normalized spacial score (nSPS) is 25.2. The molecule has 1 N–H and O–H groups in total. The predicted molar refractivity (Wildman–Crippen MR) is 82.6 cm³/mol. The summed E-state index contributed by atoms with van der Waals surface area (Å²) in [7, 11) is -3.32. The van der Waals surface area contributed by atoms with Gasteiger partial charge in [0.05, 0.1) is 4.90 Å². The highest BCUT2D eigenvalue weighted by Crippen LogP contribution is 2.18. The molecular weight excluding hydrogens is 286 g/mol. The van der Waals surface area contributed by atoms with Gasteiger partial charge in [0, 0.05) is 32.7 Å². The molecular formula is C15H23N3O2S. The van der Waals surface area contributed by atoms with Crippen molar-refractivity contribution in [1.29, 1.82) is 0 Å². The van der Waals surface area contributed by atoms with Gasteiger partial charge in [-0.3, -0.25) is 0 Å². The van der Waals surface area contributed by atoms with Gasteiger partial charge in [0.1, 0.15) is 0 Å². The molecule has 0 bridgehead atoms. The monoisotopic (exact) mass is 309 g/mol. The van der Waals surface area contributed by atoms with Crippen molar-refractivity contribution in [2.24, 2.45) is 5.92 Å². The summed E-state index contributed by atoms with van der Waals surface area (Å²) < 4.78 is 26.7. The van der Waals surface area contributed by atoms with Crippen LogP contribution in [0.1, 0.15) is 6.42 Å². The van der Waals surface area contributed by atoms with E-state index in [1.165, 1.54) is 6.42 Å².